The summed E-state index contributed by atoms with van der Waals surface area (Å²) in [6, 6.07) is 0. The van der Waals surface area contributed by atoms with Crippen LogP contribution in [0, 0.1) is 0 Å². The van der Waals surface area contributed by atoms with E-state index in [-0.39, 0.29) is 37.5 Å². The second-order valence-electron chi connectivity index (χ2n) is 16.7. The second-order valence-corrected chi connectivity index (χ2v) is 16.7. The molecule has 0 saturated carbocycles. The van der Waals surface area contributed by atoms with Gasteiger partial charge in [0.2, 0.25) is 0 Å². The summed E-state index contributed by atoms with van der Waals surface area (Å²) in [6.45, 7) is 6.40. The first-order chi connectivity index (χ1) is 31.0. The third-order valence-corrected chi connectivity index (χ3v) is 10.6. The molecule has 1 atom stereocenters. The smallest absolute Gasteiger partial charge is 0.306 e. The molecule has 0 heterocycles. The molecule has 0 unspecified atom stereocenters. The monoisotopic (exact) mass is 875 g/mol. The molecule has 0 bridgehead atoms. The van der Waals surface area contributed by atoms with E-state index >= 15 is 0 Å². The average molecular weight is 875 g/mol. The zero-order chi connectivity index (χ0) is 45.8. The van der Waals surface area contributed by atoms with E-state index in [1.54, 1.807) is 0 Å². The van der Waals surface area contributed by atoms with Crippen molar-refractivity contribution in [2.45, 2.75) is 232 Å². The van der Waals surface area contributed by atoms with Crippen molar-refractivity contribution < 1.29 is 28.6 Å². The van der Waals surface area contributed by atoms with Gasteiger partial charge in [0.05, 0.1) is 0 Å². The first-order valence-corrected chi connectivity index (χ1v) is 25.7. The van der Waals surface area contributed by atoms with Crippen molar-refractivity contribution in [2.24, 2.45) is 0 Å². The normalized spacial score (nSPS) is 12.9. The molecule has 0 saturated heterocycles. The van der Waals surface area contributed by atoms with Gasteiger partial charge in [0.1, 0.15) is 13.2 Å². The summed E-state index contributed by atoms with van der Waals surface area (Å²) in [5.74, 6) is -1.01. The van der Waals surface area contributed by atoms with Gasteiger partial charge in [-0.25, -0.2) is 0 Å². The molecule has 0 amide bonds. The topological polar surface area (TPSA) is 78.9 Å². The van der Waals surface area contributed by atoms with Gasteiger partial charge in [0, 0.05) is 19.3 Å². The molecule has 63 heavy (non-hydrogen) atoms. The fourth-order valence-electron chi connectivity index (χ4n) is 6.72. The molecular weight excluding hydrogens is 781 g/mol. The molecule has 0 radical (unpaired) electrons. The van der Waals surface area contributed by atoms with Crippen molar-refractivity contribution in [1.82, 2.24) is 0 Å². The largest absolute Gasteiger partial charge is 0.462 e. The molecule has 0 fully saturated rings. The summed E-state index contributed by atoms with van der Waals surface area (Å²) in [5.41, 5.74) is 0. The first-order valence-electron chi connectivity index (χ1n) is 25.7. The Bertz CT molecular complexity index is 1280. The van der Waals surface area contributed by atoms with Gasteiger partial charge >= 0.3 is 17.9 Å². The highest BCUT2D eigenvalue weighted by molar-refractivity contribution is 5.71. The van der Waals surface area contributed by atoms with Crippen LogP contribution in [-0.2, 0) is 28.6 Å². The Balaban J connectivity index is 4.54. The number of ether oxygens (including phenoxy) is 3. The van der Waals surface area contributed by atoms with Crippen LogP contribution >= 0.6 is 0 Å². The molecule has 0 rings (SSSR count). The Labute approximate surface area is 387 Å². The summed E-state index contributed by atoms with van der Waals surface area (Å²) in [6.07, 6.45) is 66.8. The van der Waals surface area contributed by atoms with Crippen LogP contribution in [0.2, 0.25) is 0 Å². The molecule has 0 aromatic heterocycles. The Kier molecular flexibility index (Phi) is 48.0. The zero-order valence-corrected chi connectivity index (χ0v) is 40.8. The summed E-state index contributed by atoms with van der Waals surface area (Å²) in [4.78, 5) is 37.9. The predicted octanol–water partition coefficient (Wildman–Crippen LogP) is 17.0. The van der Waals surface area contributed by atoms with Crippen molar-refractivity contribution >= 4 is 17.9 Å². The van der Waals surface area contributed by atoms with Crippen molar-refractivity contribution in [3.8, 4) is 0 Å². The Morgan fingerprint density at radius 2 is 0.635 bits per heavy atom. The van der Waals surface area contributed by atoms with Crippen molar-refractivity contribution in [3.63, 3.8) is 0 Å². The van der Waals surface area contributed by atoms with Crippen LogP contribution in [-0.4, -0.2) is 37.2 Å². The first kappa shape index (κ1) is 59.3. The zero-order valence-electron chi connectivity index (χ0n) is 40.8. The molecule has 358 valence electrons. The second kappa shape index (κ2) is 51.0. The molecule has 0 aromatic carbocycles. The lowest BCUT2D eigenvalue weighted by atomic mass is 10.0. The summed E-state index contributed by atoms with van der Waals surface area (Å²) >= 11 is 0. The highest BCUT2D eigenvalue weighted by Crippen LogP contribution is 2.14. The van der Waals surface area contributed by atoms with Gasteiger partial charge in [-0.2, -0.15) is 0 Å². The van der Waals surface area contributed by atoms with E-state index in [1.807, 2.05) is 0 Å². The van der Waals surface area contributed by atoms with E-state index in [0.29, 0.717) is 19.3 Å². The summed E-state index contributed by atoms with van der Waals surface area (Å²) < 4.78 is 16.7. The maximum Gasteiger partial charge on any atom is 0.306 e. The van der Waals surface area contributed by atoms with Gasteiger partial charge in [-0.05, 0) is 96.3 Å². The Morgan fingerprint density at radius 3 is 1.06 bits per heavy atom. The number of carbonyl (C=O) groups is 3. The molecule has 0 aliphatic rings. The molecule has 0 aromatic rings. The minimum atomic E-state index is -0.814. The molecule has 6 nitrogen and oxygen atoms in total. The van der Waals surface area contributed by atoms with Crippen LogP contribution in [0.25, 0.3) is 0 Å². The fraction of sp³-hybridized carbons (Fsp3) is 0.667. The number of esters is 3. The van der Waals surface area contributed by atoms with Crippen molar-refractivity contribution in [1.29, 1.82) is 0 Å². The van der Waals surface area contributed by atoms with E-state index in [0.717, 1.165) is 89.9 Å². The minimum absolute atomic E-state index is 0.114. The Hall–Kier alpha value is -3.67. The molecular formula is C57H94O6. The quantitative estimate of drug-likeness (QED) is 0.0262. The van der Waals surface area contributed by atoms with Crippen LogP contribution < -0.4 is 0 Å². The molecule has 6 heteroatoms. The average Bonchev–Trinajstić information content (AvgIpc) is 3.28. The third kappa shape index (κ3) is 49.2. The maximum absolute atomic E-state index is 12.8. The van der Waals surface area contributed by atoms with Gasteiger partial charge in [-0.3, -0.25) is 14.4 Å². The number of carbonyl (C=O) groups excluding carboxylic acids is 3. The van der Waals surface area contributed by atoms with Gasteiger partial charge in [0.25, 0.3) is 0 Å². The number of hydrogen-bond donors (Lipinski definition) is 0. The van der Waals surface area contributed by atoms with E-state index in [4.69, 9.17) is 14.2 Å². The van der Waals surface area contributed by atoms with Gasteiger partial charge < -0.3 is 14.2 Å². The van der Waals surface area contributed by atoms with Crippen molar-refractivity contribution in [2.75, 3.05) is 13.2 Å². The predicted molar refractivity (Wildman–Crippen MR) is 270 cm³/mol. The van der Waals surface area contributed by atoms with Crippen molar-refractivity contribution in [3.05, 3.63) is 97.2 Å². The van der Waals surface area contributed by atoms with E-state index in [9.17, 15) is 14.4 Å². The fourth-order valence-corrected chi connectivity index (χ4v) is 6.72. The lowest BCUT2D eigenvalue weighted by Crippen LogP contribution is -2.30. The van der Waals surface area contributed by atoms with E-state index in [1.165, 1.54) is 89.9 Å². The molecule has 0 aliphatic carbocycles. The highest BCUT2D eigenvalue weighted by atomic mass is 16.6. The van der Waals surface area contributed by atoms with E-state index < -0.39 is 6.10 Å². The van der Waals surface area contributed by atoms with Gasteiger partial charge in [-0.15, -0.1) is 0 Å². The number of hydrogen-bond acceptors (Lipinski definition) is 6. The Morgan fingerprint density at radius 1 is 0.333 bits per heavy atom. The van der Waals surface area contributed by atoms with Gasteiger partial charge in [0.15, 0.2) is 6.10 Å². The number of unbranched alkanes of at least 4 members (excludes halogenated alkanes) is 18. The molecule has 0 aliphatic heterocycles. The summed E-state index contributed by atoms with van der Waals surface area (Å²) in [5, 5.41) is 0. The number of rotatable bonds is 45. The SMILES string of the molecule is CC/C=C\C/C=C\C/C=C\C/C=C\C/C=C\CCCC(=O)OC[C@H](COC(=O)CCCC/C=C\C/C=C\C/C=C\CCCCC)OC(=O)CCCCCCCCCCCCCCC. The van der Waals surface area contributed by atoms with Crippen LogP contribution in [0.4, 0.5) is 0 Å². The standard InChI is InChI=1S/C57H94O6/c1-4-7-10-13-16-19-22-25-27-28-30-33-35-38-41-44-47-50-56(59)62-53-54(63-57(60)51-48-45-42-39-36-31-24-21-18-15-12-9-6-3)52-61-55(58)49-46-43-40-37-34-32-29-26-23-20-17-14-11-8-5-2/h7,10,16-17,19-20,25-27,29-30,33-34,37-38,41,54H,4-6,8-9,11-15,18,21-24,28,31-32,35-36,39-40,42-53H2,1-3H3/b10-7-,19-16-,20-17-,27-25-,29-26-,33-30-,37-34-,41-38-/t54-/m0/s1. The molecule has 0 N–H and O–H groups in total. The van der Waals surface area contributed by atoms with E-state index in [2.05, 4.69) is 118 Å². The van der Waals surface area contributed by atoms with Crippen LogP contribution in [0.5, 0.6) is 0 Å². The maximum atomic E-state index is 12.8. The minimum Gasteiger partial charge on any atom is -0.462 e. The summed E-state index contributed by atoms with van der Waals surface area (Å²) in [7, 11) is 0. The van der Waals surface area contributed by atoms with Crippen LogP contribution in [0.15, 0.2) is 97.2 Å². The van der Waals surface area contributed by atoms with Crippen LogP contribution in [0.3, 0.4) is 0 Å². The molecule has 0 spiro atoms. The third-order valence-electron chi connectivity index (χ3n) is 10.6. The lowest BCUT2D eigenvalue weighted by Gasteiger charge is -2.18. The lowest BCUT2D eigenvalue weighted by molar-refractivity contribution is -0.167. The van der Waals surface area contributed by atoms with Gasteiger partial charge in [-0.1, -0.05) is 208 Å². The van der Waals surface area contributed by atoms with Crippen LogP contribution in [0.1, 0.15) is 226 Å². The highest BCUT2D eigenvalue weighted by Gasteiger charge is 2.19. The number of allylic oxidation sites excluding steroid dienone is 16.